The molecule has 1 aromatic heterocycles. The molecule has 0 saturated heterocycles. The number of nitrogens with zero attached hydrogens (tertiary/aromatic N) is 3. The first-order valence-corrected chi connectivity index (χ1v) is 14.8. The summed E-state index contributed by atoms with van der Waals surface area (Å²) in [5.74, 6) is 2.07. The molecule has 0 aliphatic rings. The number of aromatic nitrogens is 3. The first-order chi connectivity index (χ1) is 20.9. The molecule has 4 rings (SSSR count). The number of methoxy groups -OCH3 is 1. The molecular weight excluding hydrogens is 568 g/mol. The summed E-state index contributed by atoms with van der Waals surface area (Å²) >= 11 is 6.56. The molecule has 229 valence electrons. The van der Waals surface area contributed by atoms with Crippen LogP contribution in [0.15, 0.2) is 54.7 Å². The Bertz CT molecular complexity index is 1480. The summed E-state index contributed by atoms with van der Waals surface area (Å²) in [7, 11) is 1.61. The molecule has 0 saturated carbocycles. The lowest BCUT2D eigenvalue weighted by molar-refractivity contribution is 0.291. The Hall–Kier alpha value is -3.63. The number of hydrogen-bond acceptors (Lipinski definition) is 8. The molecule has 3 aromatic carbocycles. The van der Waals surface area contributed by atoms with Gasteiger partial charge in [0.15, 0.2) is 0 Å². The van der Waals surface area contributed by atoms with Gasteiger partial charge in [0.2, 0.25) is 0 Å². The lowest BCUT2D eigenvalue weighted by Crippen LogP contribution is -2.18. The molecule has 0 aliphatic carbocycles. The van der Waals surface area contributed by atoms with Crippen LogP contribution in [0.5, 0.6) is 17.2 Å². The number of aliphatic hydroxyl groups excluding tert-OH is 2. The zero-order valence-electron chi connectivity index (χ0n) is 25.0. The highest BCUT2D eigenvalue weighted by atomic mass is 35.5. The van der Waals surface area contributed by atoms with Gasteiger partial charge in [-0.25, -0.2) is 0 Å². The van der Waals surface area contributed by atoms with Crippen molar-refractivity contribution in [1.82, 2.24) is 20.3 Å². The van der Waals surface area contributed by atoms with E-state index in [-0.39, 0.29) is 6.61 Å². The Morgan fingerprint density at radius 1 is 0.977 bits per heavy atom. The van der Waals surface area contributed by atoms with Crippen molar-refractivity contribution in [3.05, 3.63) is 94.3 Å². The SMILES string of the molecule is COc1cc(OCc2cccc(-c3cccc(OCCCn4cc(CC[CH]O)nn4)c3C)c2C)c(Cl)cc1CNCCO. The van der Waals surface area contributed by atoms with Gasteiger partial charge < -0.3 is 29.7 Å². The van der Waals surface area contributed by atoms with Gasteiger partial charge in [-0.2, -0.15) is 0 Å². The van der Waals surface area contributed by atoms with Crippen LogP contribution in [0.1, 0.15) is 40.8 Å². The molecule has 0 spiro atoms. The van der Waals surface area contributed by atoms with E-state index in [9.17, 15) is 0 Å². The van der Waals surface area contributed by atoms with E-state index < -0.39 is 0 Å². The molecule has 0 amide bonds. The largest absolute Gasteiger partial charge is 0.496 e. The maximum Gasteiger partial charge on any atom is 0.142 e. The normalized spacial score (nSPS) is 11.1. The quantitative estimate of drug-likeness (QED) is 0.129. The third-order valence-electron chi connectivity index (χ3n) is 7.25. The van der Waals surface area contributed by atoms with Gasteiger partial charge in [0.25, 0.3) is 0 Å². The molecule has 0 fully saturated rings. The monoisotopic (exact) mass is 607 g/mol. The summed E-state index contributed by atoms with van der Waals surface area (Å²) in [5, 5.41) is 29.8. The van der Waals surface area contributed by atoms with Crippen LogP contribution in [0, 0.1) is 20.5 Å². The van der Waals surface area contributed by atoms with Crippen molar-refractivity contribution in [1.29, 1.82) is 0 Å². The molecule has 0 aliphatic heterocycles. The fourth-order valence-corrected chi connectivity index (χ4v) is 5.09. The third kappa shape index (κ3) is 8.70. The molecule has 10 heteroatoms. The van der Waals surface area contributed by atoms with E-state index in [1.54, 1.807) is 13.2 Å². The highest BCUT2D eigenvalue weighted by molar-refractivity contribution is 6.32. The molecule has 4 aromatic rings. The number of halogens is 1. The van der Waals surface area contributed by atoms with Crippen molar-refractivity contribution in [3.63, 3.8) is 0 Å². The second-order valence-electron chi connectivity index (χ2n) is 10.2. The molecule has 0 atom stereocenters. The number of benzene rings is 3. The summed E-state index contributed by atoms with van der Waals surface area (Å²) in [4.78, 5) is 0. The predicted octanol–water partition coefficient (Wildman–Crippen LogP) is 5.82. The van der Waals surface area contributed by atoms with Gasteiger partial charge in [0, 0.05) is 43.9 Å². The van der Waals surface area contributed by atoms with Crippen LogP contribution >= 0.6 is 11.6 Å². The topological polar surface area (TPSA) is 111 Å². The number of aryl methyl sites for hydroxylation is 2. The Kier molecular flexibility index (Phi) is 12.2. The van der Waals surface area contributed by atoms with Gasteiger partial charge >= 0.3 is 0 Å². The summed E-state index contributed by atoms with van der Waals surface area (Å²) in [6, 6.07) is 16.0. The van der Waals surface area contributed by atoms with Crippen LogP contribution in [-0.2, 0) is 26.1 Å². The maximum atomic E-state index is 9.03. The summed E-state index contributed by atoms with van der Waals surface area (Å²) in [5.41, 5.74) is 7.23. The van der Waals surface area contributed by atoms with E-state index in [2.05, 4.69) is 47.7 Å². The van der Waals surface area contributed by atoms with E-state index in [0.717, 1.165) is 57.9 Å². The molecule has 9 nitrogen and oxygen atoms in total. The number of nitrogens with one attached hydrogen (secondary N) is 1. The number of rotatable bonds is 17. The van der Waals surface area contributed by atoms with E-state index in [1.807, 2.05) is 35.1 Å². The number of ether oxygens (including phenoxy) is 3. The Morgan fingerprint density at radius 2 is 1.77 bits per heavy atom. The molecule has 3 N–H and O–H groups in total. The van der Waals surface area contributed by atoms with Crippen LogP contribution in [0.3, 0.4) is 0 Å². The maximum absolute atomic E-state index is 9.03. The van der Waals surface area contributed by atoms with Crippen molar-refractivity contribution in [3.8, 4) is 28.4 Å². The average Bonchev–Trinajstić information content (AvgIpc) is 3.47. The van der Waals surface area contributed by atoms with Gasteiger partial charge in [-0.3, -0.25) is 4.68 Å². The van der Waals surface area contributed by atoms with E-state index in [1.165, 1.54) is 0 Å². The van der Waals surface area contributed by atoms with E-state index >= 15 is 0 Å². The minimum absolute atomic E-state index is 0.0606. The molecule has 43 heavy (non-hydrogen) atoms. The van der Waals surface area contributed by atoms with Crippen molar-refractivity contribution >= 4 is 11.6 Å². The number of hydrogen-bond donors (Lipinski definition) is 3. The van der Waals surface area contributed by atoms with Crippen molar-refractivity contribution in [2.24, 2.45) is 0 Å². The van der Waals surface area contributed by atoms with Gasteiger partial charge in [-0.05, 0) is 66.6 Å². The lowest BCUT2D eigenvalue weighted by Gasteiger charge is -2.18. The summed E-state index contributed by atoms with van der Waals surface area (Å²) in [6.45, 7) is 8.01. The average molecular weight is 608 g/mol. The van der Waals surface area contributed by atoms with Gasteiger partial charge in [0.05, 0.1) is 37.6 Å². The Labute approximate surface area is 258 Å². The highest BCUT2D eigenvalue weighted by Crippen LogP contribution is 2.36. The van der Waals surface area contributed by atoms with Crippen molar-refractivity contribution in [2.75, 3.05) is 26.9 Å². The highest BCUT2D eigenvalue weighted by Gasteiger charge is 2.14. The van der Waals surface area contributed by atoms with Gasteiger partial charge in [0.1, 0.15) is 23.9 Å². The first kappa shape index (κ1) is 32.3. The molecule has 1 radical (unpaired) electrons. The smallest absolute Gasteiger partial charge is 0.142 e. The second-order valence-corrected chi connectivity index (χ2v) is 10.6. The first-order valence-electron chi connectivity index (χ1n) is 14.4. The minimum Gasteiger partial charge on any atom is -0.496 e. The Morgan fingerprint density at radius 3 is 2.53 bits per heavy atom. The minimum atomic E-state index is 0.0606. The fraction of sp³-hybridized carbons (Fsp3) is 0.364. The molecular formula is C33H40ClN4O5. The van der Waals surface area contributed by atoms with Crippen LogP contribution in [-0.4, -0.2) is 52.1 Å². The van der Waals surface area contributed by atoms with Crippen LogP contribution < -0.4 is 19.5 Å². The standard InChI is InChI=1S/C33H40ClN4O5/c1-23-25(22-43-33-19-32(41-3)26(18-30(33)34)20-35-13-16-40)8-4-10-28(23)29-11-5-12-31(24(29)2)42-17-7-14-38-21-27(36-37-38)9-6-15-39/h4-5,8,10-12,15,18-19,21,35,39-40H,6-7,9,13-14,16-17,20,22H2,1-3H3. The van der Waals surface area contributed by atoms with E-state index in [0.29, 0.717) is 62.2 Å². The van der Waals surface area contributed by atoms with E-state index in [4.69, 9.17) is 36.0 Å². The van der Waals surface area contributed by atoms with Crippen molar-refractivity contribution < 1.29 is 24.4 Å². The lowest BCUT2D eigenvalue weighted by atomic mass is 9.93. The predicted molar refractivity (Wildman–Crippen MR) is 167 cm³/mol. The second kappa shape index (κ2) is 16.3. The fourth-order valence-electron chi connectivity index (χ4n) is 4.85. The van der Waals surface area contributed by atoms with Crippen LogP contribution in [0.25, 0.3) is 11.1 Å². The van der Waals surface area contributed by atoms with Crippen molar-refractivity contribution in [2.45, 2.75) is 52.8 Å². The summed E-state index contributed by atoms with van der Waals surface area (Å²) in [6.07, 6.45) is 3.94. The molecule has 0 unspecified atom stereocenters. The van der Waals surface area contributed by atoms with Gasteiger partial charge in [-0.1, -0.05) is 47.1 Å². The number of aliphatic hydroxyl groups is 2. The van der Waals surface area contributed by atoms with Crippen LogP contribution in [0.2, 0.25) is 5.02 Å². The zero-order chi connectivity index (χ0) is 30.6. The molecule has 1 heterocycles. The summed E-state index contributed by atoms with van der Waals surface area (Å²) < 4.78 is 19.7. The van der Waals surface area contributed by atoms with Crippen LogP contribution in [0.4, 0.5) is 0 Å². The zero-order valence-corrected chi connectivity index (χ0v) is 25.7. The molecule has 0 bridgehead atoms. The van der Waals surface area contributed by atoms with Gasteiger partial charge in [-0.15, -0.1) is 5.10 Å². The third-order valence-corrected chi connectivity index (χ3v) is 7.54. The Balaban J connectivity index is 1.40.